The minimum Gasteiger partial charge on any atom is -0.507 e. The standard InChI is InChI=1S/C30H40N2O6/c1-6-8-9-19-38-24-16-13-22(20-25(24)37-7-2)27-26(28(33)21-11-14-23(36-5)15-12-21)29(34)30(35)32(27)18-10-17-31(3)4/h11-16,20,27,33H,6-10,17-19H2,1-5H3. The smallest absolute Gasteiger partial charge is 0.295 e. The van der Waals surface area contributed by atoms with E-state index in [1.807, 2.05) is 44.1 Å². The van der Waals surface area contributed by atoms with Crippen molar-refractivity contribution in [3.05, 3.63) is 59.2 Å². The van der Waals surface area contributed by atoms with Crippen LogP contribution >= 0.6 is 0 Å². The first-order chi connectivity index (χ1) is 18.3. The number of nitrogens with zero attached hydrogens (tertiary/aromatic N) is 2. The Morgan fingerprint density at radius 2 is 1.71 bits per heavy atom. The lowest BCUT2D eigenvalue weighted by atomic mass is 9.95. The van der Waals surface area contributed by atoms with E-state index in [1.165, 1.54) is 0 Å². The van der Waals surface area contributed by atoms with Crippen LogP contribution in [-0.2, 0) is 9.59 Å². The third kappa shape index (κ3) is 6.86. The first-order valence-electron chi connectivity index (χ1n) is 13.3. The third-order valence-electron chi connectivity index (χ3n) is 6.50. The number of aliphatic hydroxyl groups is 1. The van der Waals surface area contributed by atoms with Crippen LogP contribution < -0.4 is 14.2 Å². The summed E-state index contributed by atoms with van der Waals surface area (Å²) >= 11 is 0. The van der Waals surface area contributed by atoms with Crippen LogP contribution in [0.1, 0.15) is 56.7 Å². The Labute approximate surface area is 225 Å². The number of carbonyl (C=O) groups excluding carboxylic acids is 2. The minimum atomic E-state index is -0.757. The maximum absolute atomic E-state index is 13.3. The van der Waals surface area contributed by atoms with Crippen molar-refractivity contribution in [3.8, 4) is 17.2 Å². The maximum atomic E-state index is 13.3. The zero-order chi connectivity index (χ0) is 27.7. The highest BCUT2D eigenvalue weighted by Gasteiger charge is 2.46. The van der Waals surface area contributed by atoms with E-state index in [-0.39, 0.29) is 11.3 Å². The van der Waals surface area contributed by atoms with Crippen LogP contribution in [0.3, 0.4) is 0 Å². The van der Waals surface area contributed by atoms with Crippen LogP contribution in [0.2, 0.25) is 0 Å². The quantitative estimate of drug-likeness (QED) is 0.160. The Kier molecular flexibility index (Phi) is 10.6. The van der Waals surface area contributed by atoms with E-state index < -0.39 is 17.7 Å². The zero-order valence-corrected chi connectivity index (χ0v) is 23.2. The Bertz CT molecular complexity index is 1130. The molecule has 8 heteroatoms. The summed E-state index contributed by atoms with van der Waals surface area (Å²) in [5, 5.41) is 11.3. The molecule has 1 atom stereocenters. The van der Waals surface area contributed by atoms with E-state index in [4.69, 9.17) is 14.2 Å². The van der Waals surface area contributed by atoms with Gasteiger partial charge in [0.25, 0.3) is 11.7 Å². The van der Waals surface area contributed by atoms with Crippen LogP contribution in [-0.4, -0.2) is 74.1 Å². The number of Topliss-reactive ketones (excluding diaryl/α,β-unsaturated/α-hetero) is 1. The fourth-order valence-electron chi connectivity index (χ4n) is 4.54. The predicted octanol–water partition coefficient (Wildman–Crippen LogP) is 5.04. The van der Waals surface area contributed by atoms with Crippen molar-refractivity contribution in [1.82, 2.24) is 9.80 Å². The maximum Gasteiger partial charge on any atom is 0.295 e. The summed E-state index contributed by atoms with van der Waals surface area (Å²) in [6, 6.07) is 11.5. The Balaban J connectivity index is 2.06. The molecule has 0 aromatic heterocycles. The highest BCUT2D eigenvalue weighted by atomic mass is 16.5. The molecule has 38 heavy (non-hydrogen) atoms. The lowest BCUT2D eigenvalue weighted by molar-refractivity contribution is -0.139. The molecule has 2 aromatic carbocycles. The molecule has 1 saturated heterocycles. The molecule has 1 unspecified atom stereocenters. The van der Waals surface area contributed by atoms with Crippen LogP contribution in [0.4, 0.5) is 0 Å². The second kappa shape index (κ2) is 13.9. The number of carbonyl (C=O) groups is 2. The van der Waals surface area contributed by atoms with E-state index in [2.05, 4.69) is 6.92 Å². The number of likely N-dealkylation sites (tertiary alicyclic amines) is 1. The van der Waals surface area contributed by atoms with Gasteiger partial charge in [-0.1, -0.05) is 25.8 Å². The zero-order valence-electron chi connectivity index (χ0n) is 23.2. The second-order valence-corrected chi connectivity index (χ2v) is 9.57. The normalized spacial score (nSPS) is 16.8. The predicted molar refractivity (Wildman–Crippen MR) is 148 cm³/mol. The number of methoxy groups -OCH3 is 1. The van der Waals surface area contributed by atoms with E-state index in [1.54, 1.807) is 36.3 Å². The van der Waals surface area contributed by atoms with E-state index in [0.717, 1.165) is 25.8 Å². The Hall–Kier alpha value is -3.52. The van der Waals surface area contributed by atoms with Gasteiger partial charge in [-0.05, 0) is 82.4 Å². The van der Waals surface area contributed by atoms with Gasteiger partial charge >= 0.3 is 0 Å². The molecule has 0 aliphatic carbocycles. The van der Waals surface area contributed by atoms with Crippen molar-refractivity contribution in [2.45, 2.75) is 45.6 Å². The van der Waals surface area contributed by atoms with Crippen LogP contribution in [0.25, 0.3) is 5.76 Å². The Morgan fingerprint density at radius 1 is 0.974 bits per heavy atom. The fraction of sp³-hybridized carbons (Fsp3) is 0.467. The van der Waals surface area contributed by atoms with Crippen molar-refractivity contribution in [2.24, 2.45) is 0 Å². The van der Waals surface area contributed by atoms with Crippen molar-refractivity contribution in [1.29, 1.82) is 0 Å². The average Bonchev–Trinajstić information content (AvgIpc) is 3.16. The van der Waals surface area contributed by atoms with Crippen molar-refractivity contribution in [2.75, 3.05) is 47.5 Å². The molecule has 1 fully saturated rings. The SMILES string of the molecule is CCCCCOc1ccc(C2C(=C(O)c3ccc(OC)cc3)C(=O)C(=O)N2CCCN(C)C)cc1OCC. The molecule has 1 aliphatic rings. The Morgan fingerprint density at radius 3 is 2.34 bits per heavy atom. The molecule has 2 aromatic rings. The second-order valence-electron chi connectivity index (χ2n) is 9.57. The molecule has 0 saturated carbocycles. The van der Waals surface area contributed by atoms with E-state index in [9.17, 15) is 14.7 Å². The van der Waals surface area contributed by atoms with Gasteiger partial charge in [-0.2, -0.15) is 0 Å². The van der Waals surface area contributed by atoms with E-state index in [0.29, 0.717) is 54.6 Å². The first-order valence-corrected chi connectivity index (χ1v) is 13.3. The third-order valence-corrected chi connectivity index (χ3v) is 6.50. The molecular weight excluding hydrogens is 484 g/mol. The van der Waals surface area contributed by atoms with Crippen LogP contribution in [0, 0.1) is 0 Å². The molecule has 206 valence electrons. The number of rotatable bonds is 14. The molecule has 1 heterocycles. The molecular formula is C30H40N2O6. The van der Waals surface area contributed by atoms with Gasteiger partial charge in [0.05, 0.1) is 31.9 Å². The molecule has 0 spiro atoms. The topological polar surface area (TPSA) is 88.5 Å². The van der Waals surface area contributed by atoms with Gasteiger partial charge in [0.2, 0.25) is 0 Å². The first kappa shape index (κ1) is 29.0. The van der Waals surface area contributed by atoms with Crippen LogP contribution in [0.5, 0.6) is 17.2 Å². The fourth-order valence-corrected chi connectivity index (χ4v) is 4.54. The number of hydrogen-bond donors (Lipinski definition) is 1. The molecule has 3 rings (SSSR count). The lowest BCUT2D eigenvalue weighted by Gasteiger charge is -2.26. The summed E-state index contributed by atoms with van der Waals surface area (Å²) in [5.41, 5.74) is 1.17. The number of benzene rings is 2. The lowest BCUT2D eigenvalue weighted by Crippen LogP contribution is -2.32. The summed E-state index contributed by atoms with van der Waals surface area (Å²) in [4.78, 5) is 30.1. The number of ether oxygens (including phenoxy) is 3. The van der Waals surface area contributed by atoms with Crippen molar-refractivity contribution in [3.63, 3.8) is 0 Å². The summed E-state index contributed by atoms with van der Waals surface area (Å²) in [5.74, 6) is 0.242. The molecule has 1 N–H and O–H groups in total. The highest BCUT2D eigenvalue weighted by Crippen LogP contribution is 2.42. The highest BCUT2D eigenvalue weighted by molar-refractivity contribution is 6.46. The van der Waals surface area contributed by atoms with E-state index >= 15 is 0 Å². The molecule has 0 radical (unpaired) electrons. The van der Waals surface area contributed by atoms with Gasteiger partial charge in [-0.3, -0.25) is 9.59 Å². The molecule has 8 nitrogen and oxygen atoms in total. The van der Waals surface area contributed by atoms with Gasteiger partial charge in [0.1, 0.15) is 11.5 Å². The number of aliphatic hydroxyl groups excluding tert-OH is 1. The summed E-state index contributed by atoms with van der Waals surface area (Å²) in [7, 11) is 5.48. The van der Waals surface area contributed by atoms with Crippen LogP contribution in [0.15, 0.2) is 48.0 Å². The number of unbranched alkanes of at least 4 members (excludes halogenated alkanes) is 2. The number of ketones is 1. The largest absolute Gasteiger partial charge is 0.507 e. The van der Waals surface area contributed by atoms with Gasteiger partial charge in [-0.15, -0.1) is 0 Å². The van der Waals surface area contributed by atoms with Crippen molar-refractivity contribution < 1.29 is 28.9 Å². The molecule has 1 amide bonds. The number of hydrogen-bond acceptors (Lipinski definition) is 7. The van der Waals surface area contributed by atoms with Gasteiger partial charge < -0.3 is 29.1 Å². The summed E-state index contributed by atoms with van der Waals surface area (Å²) in [6.45, 7) is 6.16. The van der Waals surface area contributed by atoms with Gasteiger partial charge in [-0.25, -0.2) is 0 Å². The molecule has 0 bridgehead atoms. The number of amides is 1. The molecule has 1 aliphatic heterocycles. The van der Waals surface area contributed by atoms with Gasteiger partial charge in [0, 0.05) is 12.1 Å². The summed E-state index contributed by atoms with van der Waals surface area (Å²) < 4.78 is 17.1. The summed E-state index contributed by atoms with van der Waals surface area (Å²) in [6.07, 6.45) is 3.80. The van der Waals surface area contributed by atoms with Gasteiger partial charge in [0.15, 0.2) is 11.5 Å². The monoisotopic (exact) mass is 524 g/mol. The van der Waals surface area contributed by atoms with Crippen molar-refractivity contribution >= 4 is 17.4 Å². The minimum absolute atomic E-state index is 0.0593. The average molecular weight is 525 g/mol.